The molecule has 0 atom stereocenters. The van der Waals surface area contributed by atoms with Crippen LogP contribution in [0.2, 0.25) is 0 Å². The van der Waals surface area contributed by atoms with Crippen LogP contribution in [0.1, 0.15) is 6.92 Å². The van der Waals surface area contributed by atoms with Crippen molar-refractivity contribution in [2.75, 3.05) is 7.05 Å². The standard InChI is InChI=1S/C6H7NO2S/c1-3-4-5(8)7(2)6(9)10-4/h3H,1-2H3. The Hall–Kier alpha value is -0.770. The van der Waals surface area contributed by atoms with Crippen molar-refractivity contribution in [2.45, 2.75) is 6.92 Å². The predicted octanol–water partition coefficient (Wildman–Crippen LogP) is 1.22. The molecule has 1 saturated heterocycles. The summed E-state index contributed by atoms with van der Waals surface area (Å²) in [5.74, 6) is -0.197. The summed E-state index contributed by atoms with van der Waals surface area (Å²) in [6.07, 6.45) is 1.65. The molecule has 1 heterocycles. The molecule has 0 aromatic rings. The highest BCUT2D eigenvalue weighted by Crippen LogP contribution is 2.28. The second-order valence-corrected chi connectivity index (χ2v) is 2.88. The zero-order valence-corrected chi connectivity index (χ0v) is 6.57. The summed E-state index contributed by atoms with van der Waals surface area (Å²) < 4.78 is 0. The van der Waals surface area contributed by atoms with E-state index in [0.29, 0.717) is 4.91 Å². The third kappa shape index (κ3) is 0.945. The van der Waals surface area contributed by atoms with Crippen LogP contribution in [-0.4, -0.2) is 23.1 Å². The molecule has 0 aromatic carbocycles. The van der Waals surface area contributed by atoms with Gasteiger partial charge in [-0.2, -0.15) is 0 Å². The number of carbonyl (C=O) groups excluding carboxylic acids is 2. The van der Waals surface area contributed by atoms with Gasteiger partial charge in [-0.3, -0.25) is 14.5 Å². The molecular weight excluding hydrogens is 150 g/mol. The highest BCUT2D eigenvalue weighted by Gasteiger charge is 2.30. The molecule has 0 aromatic heterocycles. The Bertz CT molecular complexity index is 222. The molecule has 54 valence electrons. The van der Waals surface area contributed by atoms with Crippen molar-refractivity contribution in [2.24, 2.45) is 0 Å². The number of imide groups is 1. The number of carbonyl (C=O) groups is 2. The number of hydrogen-bond donors (Lipinski definition) is 0. The van der Waals surface area contributed by atoms with Gasteiger partial charge in [0.25, 0.3) is 11.1 Å². The lowest BCUT2D eigenvalue weighted by Gasteiger charge is -2.00. The van der Waals surface area contributed by atoms with Crippen LogP contribution in [0.4, 0.5) is 4.79 Å². The van der Waals surface area contributed by atoms with E-state index in [2.05, 4.69) is 0 Å². The van der Waals surface area contributed by atoms with Gasteiger partial charge in [0.2, 0.25) is 0 Å². The summed E-state index contributed by atoms with van der Waals surface area (Å²) in [6.45, 7) is 1.74. The van der Waals surface area contributed by atoms with Crippen molar-refractivity contribution >= 4 is 22.9 Å². The monoisotopic (exact) mass is 157 g/mol. The van der Waals surface area contributed by atoms with E-state index >= 15 is 0 Å². The molecule has 4 heteroatoms. The van der Waals surface area contributed by atoms with Crippen molar-refractivity contribution in [3.05, 3.63) is 11.0 Å². The van der Waals surface area contributed by atoms with E-state index in [1.165, 1.54) is 7.05 Å². The first-order chi connectivity index (χ1) is 4.66. The van der Waals surface area contributed by atoms with E-state index < -0.39 is 0 Å². The summed E-state index contributed by atoms with van der Waals surface area (Å²) >= 11 is 0.980. The second-order valence-electron chi connectivity index (χ2n) is 1.89. The van der Waals surface area contributed by atoms with E-state index in [0.717, 1.165) is 16.7 Å². The molecule has 1 aliphatic heterocycles. The Morgan fingerprint density at radius 3 is 2.30 bits per heavy atom. The summed E-state index contributed by atoms with van der Waals surface area (Å²) in [5.41, 5.74) is 0. The molecular formula is C6H7NO2S. The van der Waals surface area contributed by atoms with Gasteiger partial charge in [-0.05, 0) is 18.7 Å². The van der Waals surface area contributed by atoms with Gasteiger partial charge in [0.1, 0.15) is 0 Å². The molecule has 0 aliphatic carbocycles. The minimum absolute atomic E-state index is 0.196. The Morgan fingerprint density at radius 1 is 1.50 bits per heavy atom. The summed E-state index contributed by atoms with van der Waals surface area (Å²) in [5, 5.41) is -0.196. The Morgan fingerprint density at radius 2 is 2.10 bits per heavy atom. The highest BCUT2D eigenvalue weighted by atomic mass is 32.2. The van der Waals surface area contributed by atoms with Crippen LogP contribution in [0, 0.1) is 0 Å². The maximum Gasteiger partial charge on any atom is 0.293 e. The fourth-order valence-corrected chi connectivity index (χ4v) is 1.39. The van der Waals surface area contributed by atoms with Gasteiger partial charge in [-0.1, -0.05) is 6.08 Å². The van der Waals surface area contributed by atoms with Gasteiger partial charge in [0.05, 0.1) is 4.91 Å². The number of amides is 2. The van der Waals surface area contributed by atoms with E-state index in [4.69, 9.17) is 0 Å². The van der Waals surface area contributed by atoms with E-state index in [1.807, 2.05) is 0 Å². The molecule has 0 saturated carbocycles. The maximum atomic E-state index is 11.0. The first kappa shape index (κ1) is 7.34. The van der Waals surface area contributed by atoms with Crippen molar-refractivity contribution < 1.29 is 9.59 Å². The quantitative estimate of drug-likeness (QED) is 0.496. The van der Waals surface area contributed by atoms with Gasteiger partial charge < -0.3 is 0 Å². The summed E-state index contributed by atoms with van der Waals surface area (Å²) in [6, 6.07) is 0. The van der Waals surface area contributed by atoms with Crippen molar-refractivity contribution in [3.63, 3.8) is 0 Å². The fourth-order valence-electron chi connectivity index (χ4n) is 0.637. The minimum Gasteiger partial charge on any atom is -0.272 e. The van der Waals surface area contributed by atoms with Gasteiger partial charge in [-0.15, -0.1) is 0 Å². The van der Waals surface area contributed by atoms with Crippen molar-refractivity contribution in [3.8, 4) is 0 Å². The summed E-state index contributed by atoms with van der Waals surface area (Å²) in [7, 11) is 1.48. The number of hydrogen-bond acceptors (Lipinski definition) is 3. The molecule has 1 fully saturated rings. The Balaban J connectivity index is 2.92. The smallest absolute Gasteiger partial charge is 0.272 e. The van der Waals surface area contributed by atoms with Crippen LogP contribution in [0.15, 0.2) is 11.0 Å². The van der Waals surface area contributed by atoms with Crippen LogP contribution in [0.3, 0.4) is 0 Å². The molecule has 1 rings (SSSR count). The van der Waals surface area contributed by atoms with Crippen LogP contribution in [0.25, 0.3) is 0 Å². The van der Waals surface area contributed by atoms with Gasteiger partial charge in [-0.25, -0.2) is 0 Å². The minimum atomic E-state index is -0.197. The van der Waals surface area contributed by atoms with Crippen molar-refractivity contribution in [1.29, 1.82) is 0 Å². The second kappa shape index (κ2) is 2.46. The van der Waals surface area contributed by atoms with E-state index in [1.54, 1.807) is 13.0 Å². The lowest BCUT2D eigenvalue weighted by molar-refractivity contribution is -0.121. The normalized spacial score (nSPS) is 23.0. The highest BCUT2D eigenvalue weighted by molar-refractivity contribution is 8.18. The van der Waals surface area contributed by atoms with Gasteiger partial charge in [0, 0.05) is 7.05 Å². The fraction of sp³-hybridized carbons (Fsp3) is 0.333. The lowest BCUT2D eigenvalue weighted by Crippen LogP contribution is -2.22. The number of allylic oxidation sites excluding steroid dienone is 1. The Kier molecular flexibility index (Phi) is 1.80. The molecule has 10 heavy (non-hydrogen) atoms. The first-order valence-electron chi connectivity index (χ1n) is 2.83. The third-order valence-corrected chi connectivity index (χ3v) is 2.33. The Labute approximate surface area is 63.1 Å². The van der Waals surface area contributed by atoms with E-state index in [-0.39, 0.29) is 11.1 Å². The molecule has 0 bridgehead atoms. The van der Waals surface area contributed by atoms with Crippen LogP contribution >= 0.6 is 11.8 Å². The predicted molar refractivity (Wildman–Crippen MR) is 39.5 cm³/mol. The third-order valence-electron chi connectivity index (χ3n) is 1.25. The molecule has 0 spiro atoms. The molecule has 0 unspecified atom stereocenters. The number of nitrogens with zero attached hydrogens (tertiary/aromatic N) is 1. The number of rotatable bonds is 0. The zero-order valence-electron chi connectivity index (χ0n) is 5.75. The molecule has 0 radical (unpaired) electrons. The SMILES string of the molecule is CC=C1SC(=O)N(C)C1=O. The maximum absolute atomic E-state index is 11.0. The van der Waals surface area contributed by atoms with E-state index in [9.17, 15) is 9.59 Å². The van der Waals surface area contributed by atoms with Crippen LogP contribution in [0.5, 0.6) is 0 Å². The molecule has 2 amide bonds. The van der Waals surface area contributed by atoms with Gasteiger partial charge >= 0.3 is 0 Å². The molecule has 0 N–H and O–H groups in total. The topological polar surface area (TPSA) is 37.4 Å². The average Bonchev–Trinajstić information content (AvgIpc) is 2.17. The van der Waals surface area contributed by atoms with Gasteiger partial charge in [0.15, 0.2) is 0 Å². The number of likely N-dealkylation sites (N-methyl/N-ethyl adjacent to an activating group) is 1. The average molecular weight is 157 g/mol. The molecule has 1 aliphatic rings. The first-order valence-corrected chi connectivity index (χ1v) is 3.64. The summed E-state index contributed by atoms with van der Waals surface area (Å²) in [4.78, 5) is 23.4. The number of thioether (sulfide) groups is 1. The van der Waals surface area contributed by atoms with Crippen molar-refractivity contribution in [1.82, 2.24) is 4.90 Å². The molecule has 3 nitrogen and oxygen atoms in total. The van der Waals surface area contributed by atoms with Crippen LogP contribution < -0.4 is 0 Å². The largest absolute Gasteiger partial charge is 0.293 e. The lowest BCUT2D eigenvalue weighted by atomic mass is 10.5. The zero-order chi connectivity index (χ0) is 7.72. The van der Waals surface area contributed by atoms with Crippen LogP contribution in [-0.2, 0) is 4.79 Å².